The second-order valence-electron chi connectivity index (χ2n) is 1.44. The van der Waals surface area contributed by atoms with Crippen LogP contribution in [0.4, 0.5) is 0 Å². The summed E-state index contributed by atoms with van der Waals surface area (Å²) in [5.74, 6) is 0.241. The molecule has 0 radical (unpaired) electrons. The second-order valence-corrected chi connectivity index (χ2v) is 1.44. The van der Waals surface area contributed by atoms with Gasteiger partial charge in [0.1, 0.15) is 0 Å². The highest BCUT2D eigenvalue weighted by Gasteiger charge is 1.88. The molecule has 0 rings (SSSR count). The first kappa shape index (κ1) is 5.49. The van der Waals surface area contributed by atoms with Gasteiger partial charge in [-0.15, -0.1) is 0 Å². The van der Waals surface area contributed by atoms with Crippen LogP contribution in [-0.2, 0) is 0 Å². The third-order valence-corrected chi connectivity index (χ3v) is 0.833. The van der Waals surface area contributed by atoms with Crippen molar-refractivity contribution in [3.63, 3.8) is 0 Å². The quantitative estimate of drug-likeness (QED) is 0.472. The summed E-state index contributed by atoms with van der Waals surface area (Å²) in [7, 11) is 0. The molecule has 0 aliphatic rings. The first-order valence-corrected chi connectivity index (χ1v) is 2.20. The Morgan fingerprint density at radius 1 is 1.83 bits per heavy atom. The average Bonchev–Trinajstić information content (AvgIpc) is 1.65. The molecular weight excluding hydrogens is 74.1 g/mol. The van der Waals surface area contributed by atoms with Gasteiger partial charge in [-0.05, 0) is 13.3 Å². The number of nitrogens with zero attached hydrogens (tertiary/aromatic N) is 1. The van der Waals surface area contributed by atoms with Gasteiger partial charge < -0.3 is 0 Å². The van der Waals surface area contributed by atoms with E-state index in [-0.39, 0.29) is 5.92 Å². The van der Waals surface area contributed by atoms with Crippen LogP contribution < -0.4 is 0 Å². The average molecular weight is 83.1 g/mol. The molecule has 0 saturated heterocycles. The van der Waals surface area contributed by atoms with Gasteiger partial charge in [0.05, 0.1) is 6.07 Å². The molecule has 1 heteroatoms. The second kappa shape index (κ2) is 2.71. The molecule has 0 unspecified atom stereocenters. The maximum atomic E-state index is 8.08. The molecule has 0 aliphatic heterocycles. The lowest BCUT2D eigenvalue weighted by molar-refractivity contribution is 0.713. The molecule has 0 aromatic carbocycles. The van der Waals surface area contributed by atoms with Crippen LogP contribution in [-0.4, -0.2) is 0 Å². The topological polar surface area (TPSA) is 23.8 Å². The highest BCUT2D eigenvalue weighted by atomic mass is 14.2. The van der Waals surface area contributed by atoms with Crippen molar-refractivity contribution in [2.24, 2.45) is 5.92 Å². The van der Waals surface area contributed by atoms with E-state index in [0.29, 0.717) is 0 Å². The zero-order chi connectivity index (χ0) is 4.99. The Morgan fingerprint density at radius 2 is 2.33 bits per heavy atom. The van der Waals surface area contributed by atoms with Gasteiger partial charge in [0.15, 0.2) is 0 Å². The van der Waals surface area contributed by atoms with Crippen LogP contribution in [0, 0.1) is 17.2 Å². The molecule has 0 aromatic rings. The highest BCUT2D eigenvalue weighted by Crippen LogP contribution is 1.94. The van der Waals surface area contributed by atoms with Crippen LogP contribution in [0.5, 0.6) is 0 Å². The van der Waals surface area contributed by atoms with Crippen molar-refractivity contribution in [3.05, 3.63) is 0 Å². The first-order valence-electron chi connectivity index (χ1n) is 2.20. The number of hydrogen-bond donors (Lipinski definition) is 0. The Labute approximate surface area is 38.6 Å². The minimum Gasteiger partial charge on any atom is -0.198 e. The minimum atomic E-state index is 0.241. The lowest BCUT2D eigenvalue weighted by Crippen LogP contribution is -1.81. The summed E-state index contributed by atoms with van der Waals surface area (Å²) in [6.45, 7) is 3.92. The van der Waals surface area contributed by atoms with Crippen LogP contribution in [0.1, 0.15) is 20.3 Å². The van der Waals surface area contributed by atoms with Gasteiger partial charge in [-0.1, -0.05) is 6.92 Å². The molecule has 0 spiro atoms. The van der Waals surface area contributed by atoms with Gasteiger partial charge >= 0.3 is 0 Å². The Kier molecular flexibility index (Phi) is 2.48. The molecule has 0 aromatic heterocycles. The summed E-state index contributed by atoms with van der Waals surface area (Å²) in [6.07, 6.45) is 0.969. The summed E-state index contributed by atoms with van der Waals surface area (Å²) in [5.41, 5.74) is 0. The summed E-state index contributed by atoms with van der Waals surface area (Å²) >= 11 is 0. The number of rotatable bonds is 1. The Bertz CT molecular complexity index is 60.8. The summed E-state index contributed by atoms with van der Waals surface area (Å²) in [6, 6.07) is 2.11. The fraction of sp³-hybridized carbons (Fsp3) is 0.800. The van der Waals surface area contributed by atoms with Crippen LogP contribution in [0.2, 0.25) is 0 Å². The molecule has 6 heavy (non-hydrogen) atoms. The fourth-order valence-electron chi connectivity index (χ4n) is 0.0913. The Morgan fingerprint density at radius 3 is 2.33 bits per heavy atom. The molecule has 34 valence electrons. The normalized spacial score (nSPS) is 12.8. The lowest BCUT2D eigenvalue weighted by atomic mass is 10.2. The van der Waals surface area contributed by atoms with Crippen molar-refractivity contribution in [1.29, 1.82) is 5.26 Å². The van der Waals surface area contributed by atoms with E-state index in [0.717, 1.165) is 6.42 Å². The van der Waals surface area contributed by atoms with E-state index in [2.05, 4.69) is 6.07 Å². The molecule has 0 aliphatic carbocycles. The van der Waals surface area contributed by atoms with E-state index >= 15 is 0 Å². The number of nitriles is 1. The van der Waals surface area contributed by atoms with Gasteiger partial charge in [-0.2, -0.15) is 5.26 Å². The van der Waals surface area contributed by atoms with Gasteiger partial charge in [0.2, 0.25) is 0 Å². The molecule has 1 nitrogen and oxygen atoms in total. The van der Waals surface area contributed by atoms with Crippen molar-refractivity contribution in [2.75, 3.05) is 0 Å². The molecule has 0 amide bonds. The Balaban J connectivity index is 3.04. The smallest absolute Gasteiger partial charge is 0.0652 e. The van der Waals surface area contributed by atoms with Crippen LogP contribution in [0.25, 0.3) is 0 Å². The highest BCUT2D eigenvalue weighted by molar-refractivity contribution is 4.76. The van der Waals surface area contributed by atoms with Crippen molar-refractivity contribution in [2.45, 2.75) is 20.3 Å². The predicted octanol–water partition coefficient (Wildman–Crippen LogP) is 1.56. The number of hydrogen-bond acceptors (Lipinski definition) is 1. The molecule has 0 heterocycles. The van der Waals surface area contributed by atoms with Crippen molar-refractivity contribution >= 4 is 0 Å². The van der Waals surface area contributed by atoms with Gasteiger partial charge in [0.25, 0.3) is 0 Å². The van der Waals surface area contributed by atoms with Crippen molar-refractivity contribution in [3.8, 4) is 6.07 Å². The standard InChI is InChI=1S/C5H9N/c1-3-5(2)4-6/h5H,3H2,1-2H3/t5-/m1/s1. The van der Waals surface area contributed by atoms with Crippen molar-refractivity contribution < 1.29 is 0 Å². The first-order chi connectivity index (χ1) is 2.81. The maximum Gasteiger partial charge on any atom is 0.0652 e. The zero-order valence-electron chi connectivity index (χ0n) is 4.23. The van der Waals surface area contributed by atoms with Gasteiger partial charge in [0, 0.05) is 5.92 Å². The molecule has 0 N–H and O–H groups in total. The predicted molar refractivity (Wildman–Crippen MR) is 25.1 cm³/mol. The van der Waals surface area contributed by atoms with Crippen LogP contribution in [0.15, 0.2) is 0 Å². The fourth-order valence-corrected chi connectivity index (χ4v) is 0.0913. The monoisotopic (exact) mass is 83.1 g/mol. The van der Waals surface area contributed by atoms with E-state index in [1.54, 1.807) is 0 Å². The molecule has 0 fully saturated rings. The van der Waals surface area contributed by atoms with Crippen molar-refractivity contribution in [1.82, 2.24) is 0 Å². The molecule has 1 atom stereocenters. The molecule has 0 bridgehead atoms. The van der Waals surface area contributed by atoms with E-state index in [9.17, 15) is 0 Å². The minimum absolute atomic E-state index is 0.241. The molecule has 0 saturated carbocycles. The Hall–Kier alpha value is -0.510. The summed E-state index contributed by atoms with van der Waals surface area (Å²) in [5, 5.41) is 8.08. The van der Waals surface area contributed by atoms with E-state index in [4.69, 9.17) is 5.26 Å². The third-order valence-electron chi connectivity index (χ3n) is 0.833. The van der Waals surface area contributed by atoms with Gasteiger partial charge in [-0.3, -0.25) is 0 Å². The SMILES string of the molecule is CC[C@@H](C)C#N. The van der Waals surface area contributed by atoms with Crippen LogP contribution in [0.3, 0.4) is 0 Å². The summed E-state index contributed by atoms with van der Waals surface area (Å²) < 4.78 is 0. The third kappa shape index (κ3) is 1.78. The lowest BCUT2D eigenvalue weighted by Gasteiger charge is -1.87. The van der Waals surface area contributed by atoms with Gasteiger partial charge in [-0.25, -0.2) is 0 Å². The molecular formula is C5H9N. The van der Waals surface area contributed by atoms with E-state index < -0.39 is 0 Å². The van der Waals surface area contributed by atoms with E-state index in [1.807, 2.05) is 13.8 Å². The van der Waals surface area contributed by atoms with Crippen LogP contribution >= 0.6 is 0 Å². The summed E-state index contributed by atoms with van der Waals surface area (Å²) in [4.78, 5) is 0. The zero-order valence-corrected chi connectivity index (χ0v) is 4.23. The van der Waals surface area contributed by atoms with E-state index in [1.165, 1.54) is 0 Å². The maximum absolute atomic E-state index is 8.08. The largest absolute Gasteiger partial charge is 0.198 e.